The summed E-state index contributed by atoms with van der Waals surface area (Å²) < 4.78 is 30.2. The zero-order valence-corrected chi connectivity index (χ0v) is 27.9. The molecule has 246 valence electrons. The molecule has 0 radical (unpaired) electrons. The van der Waals surface area contributed by atoms with Gasteiger partial charge in [0.2, 0.25) is 0 Å². The average molecular weight is 641 g/mol. The third kappa shape index (κ3) is 8.30. The van der Waals surface area contributed by atoms with Crippen LogP contribution in [0.5, 0.6) is 17.2 Å². The fourth-order valence-corrected chi connectivity index (χ4v) is 5.18. The van der Waals surface area contributed by atoms with Crippen LogP contribution in [0.1, 0.15) is 69.4 Å². The Hall–Kier alpha value is -5.31. The summed E-state index contributed by atoms with van der Waals surface area (Å²) in [5.74, 6) is 1.10. The molecule has 0 fully saturated rings. The Labute approximate surface area is 275 Å². The molecule has 0 aliphatic heterocycles. The van der Waals surface area contributed by atoms with Gasteiger partial charge < -0.3 is 28.4 Å². The molecule has 0 spiro atoms. The van der Waals surface area contributed by atoms with Crippen molar-refractivity contribution in [2.75, 3.05) is 14.2 Å². The maximum atomic E-state index is 12.1. The van der Waals surface area contributed by atoms with Crippen LogP contribution in [0.15, 0.2) is 97.1 Å². The molecular weight excluding hydrogens is 600 g/mol. The highest BCUT2D eigenvalue weighted by Crippen LogP contribution is 2.41. The predicted octanol–water partition coefficient (Wildman–Crippen LogP) is 8.97. The molecule has 4 rings (SSSR count). The van der Waals surface area contributed by atoms with Crippen LogP contribution in [-0.4, -0.2) is 38.3 Å². The molecular formula is C38H40O9. The molecule has 9 heteroatoms. The van der Waals surface area contributed by atoms with Crippen LogP contribution < -0.4 is 14.2 Å². The molecule has 0 aliphatic rings. The SMILES string of the molecule is COC(=O)Oc1ccc(C(C)(c2ccc(OC(=O)OC)cc2)c2ccc(C(C)(C)c3ccc(OC(=O)OC(C)(C)C)cc3)cc2)cc1. The van der Waals surface area contributed by atoms with Crippen LogP contribution >= 0.6 is 0 Å². The third-order valence-electron chi connectivity index (χ3n) is 7.95. The van der Waals surface area contributed by atoms with Gasteiger partial charge in [-0.05, 0) is 91.9 Å². The summed E-state index contributed by atoms with van der Waals surface area (Å²) in [6.45, 7) is 11.7. The molecule has 47 heavy (non-hydrogen) atoms. The summed E-state index contributed by atoms with van der Waals surface area (Å²) in [4.78, 5) is 35.4. The topological polar surface area (TPSA) is 107 Å². The minimum Gasteiger partial charge on any atom is -0.437 e. The van der Waals surface area contributed by atoms with Crippen molar-refractivity contribution in [1.82, 2.24) is 0 Å². The van der Waals surface area contributed by atoms with Crippen molar-refractivity contribution in [2.45, 2.75) is 58.0 Å². The van der Waals surface area contributed by atoms with Gasteiger partial charge in [0.15, 0.2) is 0 Å². The largest absolute Gasteiger partial charge is 0.514 e. The van der Waals surface area contributed by atoms with Crippen LogP contribution in [0.3, 0.4) is 0 Å². The van der Waals surface area contributed by atoms with E-state index in [2.05, 4.69) is 54.5 Å². The molecule has 0 amide bonds. The summed E-state index contributed by atoms with van der Waals surface area (Å²) in [7, 11) is 2.50. The Morgan fingerprint density at radius 2 is 0.702 bits per heavy atom. The molecule has 9 nitrogen and oxygen atoms in total. The maximum absolute atomic E-state index is 12.1. The second kappa shape index (κ2) is 14.0. The summed E-state index contributed by atoms with van der Waals surface area (Å²) >= 11 is 0. The summed E-state index contributed by atoms with van der Waals surface area (Å²) in [5, 5.41) is 0. The smallest absolute Gasteiger partial charge is 0.437 e. The van der Waals surface area contributed by atoms with Gasteiger partial charge in [-0.2, -0.15) is 0 Å². The first-order chi connectivity index (χ1) is 22.1. The minimum absolute atomic E-state index is 0.351. The fraction of sp³-hybridized carbons (Fsp3) is 0.289. The van der Waals surface area contributed by atoms with Gasteiger partial charge in [0.25, 0.3) is 0 Å². The third-order valence-corrected chi connectivity index (χ3v) is 7.95. The van der Waals surface area contributed by atoms with Crippen molar-refractivity contribution in [2.24, 2.45) is 0 Å². The quantitative estimate of drug-likeness (QED) is 0.0807. The molecule has 0 bridgehead atoms. The van der Waals surface area contributed by atoms with Gasteiger partial charge >= 0.3 is 18.5 Å². The molecule has 0 aliphatic carbocycles. The maximum Gasteiger partial charge on any atom is 0.514 e. The molecule has 0 saturated carbocycles. The Morgan fingerprint density at radius 3 is 1.02 bits per heavy atom. The van der Waals surface area contributed by atoms with Crippen LogP contribution in [0.4, 0.5) is 14.4 Å². The van der Waals surface area contributed by atoms with E-state index >= 15 is 0 Å². The van der Waals surface area contributed by atoms with E-state index in [1.165, 1.54) is 14.2 Å². The summed E-state index contributed by atoms with van der Waals surface area (Å²) in [5.41, 5.74) is 3.30. The van der Waals surface area contributed by atoms with E-state index in [1.54, 1.807) is 57.2 Å². The number of carbonyl (C=O) groups excluding carboxylic acids is 3. The number of carbonyl (C=O) groups is 3. The van der Waals surface area contributed by atoms with Crippen molar-refractivity contribution in [1.29, 1.82) is 0 Å². The highest BCUT2D eigenvalue weighted by molar-refractivity contribution is 5.65. The van der Waals surface area contributed by atoms with Crippen molar-refractivity contribution in [3.8, 4) is 17.2 Å². The van der Waals surface area contributed by atoms with Crippen molar-refractivity contribution < 1.29 is 42.8 Å². The van der Waals surface area contributed by atoms with E-state index in [-0.39, 0.29) is 5.41 Å². The second-order valence-electron chi connectivity index (χ2n) is 12.6. The first-order valence-corrected chi connectivity index (χ1v) is 15.0. The monoisotopic (exact) mass is 640 g/mol. The first-order valence-electron chi connectivity index (χ1n) is 15.0. The van der Waals surface area contributed by atoms with Gasteiger partial charge in [0.1, 0.15) is 22.8 Å². The standard InChI is InChI=1S/C38H40O9/c1-36(2,3)47-35(41)46-32-19-13-26(14-20-32)37(4,5)25-9-11-27(12-10-25)38(6,28-15-21-30(22-16-28)44-33(39)42-7)29-17-23-31(24-18-29)45-34(40)43-8/h9-24H,1-8H3. The number of ether oxygens (including phenoxy) is 6. The minimum atomic E-state index is -0.801. The Kier molecular flexibility index (Phi) is 10.3. The van der Waals surface area contributed by atoms with E-state index in [4.69, 9.17) is 18.9 Å². The van der Waals surface area contributed by atoms with Crippen LogP contribution in [0.2, 0.25) is 0 Å². The Morgan fingerprint density at radius 1 is 0.426 bits per heavy atom. The lowest BCUT2D eigenvalue weighted by Crippen LogP contribution is -2.26. The lowest BCUT2D eigenvalue weighted by Gasteiger charge is -2.33. The second-order valence-corrected chi connectivity index (χ2v) is 12.6. The van der Waals surface area contributed by atoms with Crippen LogP contribution in [0.25, 0.3) is 0 Å². The molecule has 0 atom stereocenters. The normalized spacial score (nSPS) is 11.7. The van der Waals surface area contributed by atoms with Gasteiger partial charge in [0, 0.05) is 10.8 Å². The number of methoxy groups -OCH3 is 2. The predicted molar refractivity (Wildman–Crippen MR) is 176 cm³/mol. The molecule has 0 saturated heterocycles. The van der Waals surface area contributed by atoms with E-state index in [9.17, 15) is 14.4 Å². The van der Waals surface area contributed by atoms with E-state index in [1.807, 2.05) is 36.4 Å². The average Bonchev–Trinajstić information content (AvgIpc) is 3.04. The number of benzene rings is 4. The van der Waals surface area contributed by atoms with Gasteiger partial charge in [-0.25, -0.2) is 14.4 Å². The van der Waals surface area contributed by atoms with E-state index < -0.39 is 29.5 Å². The Bertz CT molecular complexity index is 1620. The molecule has 0 heterocycles. The Balaban J connectivity index is 1.66. The number of hydrogen-bond acceptors (Lipinski definition) is 9. The molecule has 0 unspecified atom stereocenters. The molecule has 0 N–H and O–H groups in total. The van der Waals surface area contributed by atoms with Crippen LogP contribution in [-0.2, 0) is 25.0 Å². The summed E-state index contributed by atoms with van der Waals surface area (Å²) in [6, 6.07) is 30.2. The molecule has 4 aromatic carbocycles. The first kappa shape index (κ1) is 34.6. The van der Waals surface area contributed by atoms with Crippen LogP contribution in [0, 0.1) is 0 Å². The van der Waals surface area contributed by atoms with Gasteiger partial charge in [0.05, 0.1) is 14.2 Å². The summed E-state index contributed by atoms with van der Waals surface area (Å²) in [6.07, 6.45) is -2.35. The zero-order valence-electron chi connectivity index (χ0n) is 27.9. The lowest BCUT2D eigenvalue weighted by molar-refractivity contribution is 0.0206. The van der Waals surface area contributed by atoms with Crippen molar-refractivity contribution >= 4 is 18.5 Å². The highest BCUT2D eigenvalue weighted by atomic mass is 16.7. The molecule has 4 aromatic rings. The highest BCUT2D eigenvalue weighted by Gasteiger charge is 2.33. The number of rotatable bonds is 8. The zero-order chi connectivity index (χ0) is 34.4. The van der Waals surface area contributed by atoms with Gasteiger partial charge in [-0.15, -0.1) is 0 Å². The lowest BCUT2D eigenvalue weighted by atomic mass is 9.70. The van der Waals surface area contributed by atoms with Gasteiger partial charge in [-0.3, -0.25) is 0 Å². The van der Waals surface area contributed by atoms with Gasteiger partial charge in [-0.1, -0.05) is 74.5 Å². The van der Waals surface area contributed by atoms with Crippen molar-refractivity contribution in [3.63, 3.8) is 0 Å². The molecule has 0 aromatic heterocycles. The van der Waals surface area contributed by atoms with E-state index in [0.29, 0.717) is 17.2 Å². The van der Waals surface area contributed by atoms with E-state index in [0.717, 1.165) is 27.8 Å². The van der Waals surface area contributed by atoms with Crippen molar-refractivity contribution in [3.05, 3.63) is 125 Å². The number of hydrogen-bond donors (Lipinski definition) is 0. The fourth-order valence-electron chi connectivity index (χ4n) is 5.18.